The van der Waals surface area contributed by atoms with Gasteiger partial charge in [-0.25, -0.2) is 0 Å². The van der Waals surface area contributed by atoms with Crippen LogP contribution in [0.3, 0.4) is 0 Å². The molecule has 1 aliphatic heterocycles. The number of nitrogens with zero attached hydrogens (tertiary/aromatic N) is 1. The second kappa shape index (κ2) is 3.49. The Hall–Kier alpha value is -0.655. The van der Waals surface area contributed by atoms with Crippen LogP contribution in [0.4, 0.5) is 0 Å². The van der Waals surface area contributed by atoms with Crippen molar-refractivity contribution in [1.82, 2.24) is 4.90 Å². The summed E-state index contributed by atoms with van der Waals surface area (Å²) in [7, 11) is 0. The van der Waals surface area contributed by atoms with Crippen molar-refractivity contribution in [3.8, 4) is 0 Å². The molecule has 78 valence electrons. The van der Waals surface area contributed by atoms with E-state index in [9.17, 15) is 0 Å². The Balaban J connectivity index is 2.72. The highest BCUT2D eigenvalue weighted by molar-refractivity contribution is 6.72. The standard InChI is InChI=1S/C12H22BN/c1-11(2,3)13-7-9-14(10-8-13)12(4,5)6/h7-10H,1-6H3. The Morgan fingerprint density at radius 2 is 1.29 bits per heavy atom. The predicted molar refractivity (Wildman–Crippen MR) is 65.3 cm³/mol. The number of hydrogen-bond donors (Lipinski definition) is 0. The summed E-state index contributed by atoms with van der Waals surface area (Å²) < 4.78 is 0. The summed E-state index contributed by atoms with van der Waals surface area (Å²) in [5, 5.41) is 0.330. The van der Waals surface area contributed by atoms with Gasteiger partial charge < -0.3 is 4.90 Å². The molecule has 14 heavy (non-hydrogen) atoms. The van der Waals surface area contributed by atoms with Crippen LogP contribution < -0.4 is 0 Å². The van der Waals surface area contributed by atoms with Gasteiger partial charge in [0.2, 0.25) is 6.71 Å². The molecule has 0 fully saturated rings. The van der Waals surface area contributed by atoms with Crippen LogP contribution in [-0.4, -0.2) is 17.2 Å². The van der Waals surface area contributed by atoms with E-state index in [1.807, 2.05) is 0 Å². The van der Waals surface area contributed by atoms with E-state index in [0.717, 1.165) is 0 Å². The van der Waals surface area contributed by atoms with Gasteiger partial charge in [-0.2, -0.15) is 0 Å². The SMILES string of the molecule is CC(C)(C)B1C=CN(C(C)(C)C)C=C1. The Kier molecular flexibility index (Phi) is 2.84. The summed E-state index contributed by atoms with van der Waals surface area (Å²) in [5.74, 6) is 4.59. The summed E-state index contributed by atoms with van der Waals surface area (Å²) in [4.78, 5) is 2.26. The lowest BCUT2D eigenvalue weighted by molar-refractivity contribution is 0.280. The smallest absolute Gasteiger partial charge is 0.201 e. The molecule has 0 spiro atoms. The third-order valence-corrected chi connectivity index (χ3v) is 2.68. The Labute approximate surface area is 89.0 Å². The lowest BCUT2D eigenvalue weighted by Gasteiger charge is -2.35. The van der Waals surface area contributed by atoms with Gasteiger partial charge >= 0.3 is 0 Å². The molecule has 0 bridgehead atoms. The highest BCUT2D eigenvalue weighted by Gasteiger charge is 2.27. The van der Waals surface area contributed by atoms with Crippen LogP contribution in [0.15, 0.2) is 24.4 Å². The minimum atomic E-state index is 0.190. The maximum absolute atomic E-state index is 2.30. The van der Waals surface area contributed by atoms with Gasteiger partial charge in [-0.1, -0.05) is 38.0 Å². The molecule has 0 aromatic carbocycles. The topological polar surface area (TPSA) is 3.24 Å². The van der Waals surface area contributed by atoms with Crippen LogP contribution in [-0.2, 0) is 0 Å². The van der Waals surface area contributed by atoms with E-state index in [1.54, 1.807) is 0 Å². The van der Waals surface area contributed by atoms with Crippen LogP contribution in [0.5, 0.6) is 0 Å². The summed E-state index contributed by atoms with van der Waals surface area (Å²) in [6.07, 6.45) is 4.41. The van der Waals surface area contributed by atoms with Crippen molar-refractivity contribution >= 4 is 6.71 Å². The van der Waals surface area contributed by atoms with Crippen molar-refractivity contribution in [2.45, 2.75) is 52.4 Å². The molecule has 0 radical (unpaired) electrons. The van der Waals surface area contributed by atoms with Crippen molar-refractivity contribution in [2.75, 3.05) is 0 Å². The van der Waals surface area contributed by atoms with E-state index in [4.69, 9.17) is 0 Å². The van der Waals surface area contributed by atoms with Crippen LogP contribution >= 0.6 is 0 Å². The van der Waals surface area contributed by atoms with Gasteiger partial charge in [0.1, 0.15) is 0 Å². The molecule has 0 aromatic heterocycles. The molecule has 1 nitrogen and oxygen atoms in total. The lowest BCUT2D eigenvalue weighted by atomic mass is 9.34. The fraction of sp³-hybridized carbons (Fsp3) is 0.667. The summed E-state index contributed by atoms with van der Waals surface area (Å²) in [5.41, 5.74) is 0.190. The monoisotopic (exact) mass is 191 g/mol. The third kappa shape index (κ3) is 2.66. The fourth-order valence-corrected chi connectivity index (χ4v) is 1.51. The van der Waals surface area contributed by atoms with Crippen molar-refractivity contribution in [2.24, 2.45) is 0 Å². The van der Waals surface area contributed by atoms with Crippen molar-refractivity contribution in [3.63, 3.8) is 0 Å². The quantitative estimate of drug-likeness (QED) is 0.529. The van der Waals surface area contributed by atoms with Crippen LogP contribution in [0.1, 0.15) is 41.5 Å². The zero-order chi connectivity index (χ0) is 11.0. The first kappa shape index (κ1) is 11.4. The molecule has 1 heterocycles. The molecule has 0 aliphatic carbocycles. The zero-order valence-corrected chi connectivity index (χ0v) is 10.3. The summed E-state index contributed by atoms with van der Waals surface area (Å²) in [6.45, 7) is 14.1. The molecule has 0 amide bonds. The third-order valence-electron chi connectivity index (χ3n) is 2.68. The fourth-order valence-electron chi connectivity index (χ4n) is 1.51. The molecule has 0 atom stereocenters. The minimum Gasteiger partial charge on any atom is -0.351 e. The average molecular weight is 191 g/mol. The van der Waals surface area contributed by atoms with Gasteiger partial charge in [-0.15, -0.1) is 0 Å². The second-order valence-corrected chi connectivity index (χ2v) is 6.15. The Morgan fingerprint density at radius 1 is 0.857 bits per heavy atom. The van der Waals surface area contributed by atoms with Gasteiger partial charge in [0.15, 0.2) is 0 Å². The first-order valence-electron chi connectivity index (χ1n) is 5.36. The minimum absolute atomic E-state index is 0.190. The zero-order valence-electron chi connectivity index (χ0n) is 10.3. The van der Waals surface area contributed by atoms with Crippen LogP contribution in [0, 0.1) is 0 Å². The maximum Gasteiger partial charge on any atom is 0.201 e. The molecular weight excluding hydrogens is 169 g/mol. The molecular formula is C12H22BN. The highest BCUT2D eigenvalue weighted by Crippen LogP contribution is 2.30. The second-order valence-electron chi connectivity index (χ2n) is 6.15. The first-order chi connectivity index (χ1) is 6.21. The summed E-state index contributed by atoms with van der Waals surface area (Å²) in [6, 6.07) is 0. The Morgan fingerprint density at radius 3 is 1.57 bits per heavy atom. The van der Waals surface area contributed by atoms with E-state index < -0.39 is 0 Å². The van der Waals surface area contributed by atoms with Crippen LogP contribution in [0.2, 0.25) is 5.31 Å². The average Bonchev–Trinajstić information content (AvgIpc) is 2.01. The summed E-state index contributed by atoms with van der Waals surface area (Å²) >= 11 is 0. The normalized spacial score (nSPS) is 17.9. The molecule has 0 unspecified atom stereocenters. The molecule has 2 heteroatoms. The van der Waals surface area contributed by atoms with Gasteiger partial charge in [0, 0.05) is 5.54 Å². The van der Waals surface area contributed by atoms with E-state index in [-0.39, 0.29) is 5.54 Å². The van der Waals surface area contributed by atoms with E-state index in [0.29, 0.717) is 12.0 Å². The van der Waals surface area contributed by atoms with E-state index in [1.165, 1.54) is 0 Å². The predicted octanol–water partition coefficient (Wildman–Crippen LogP) is 3.50. The molecule has 0 saturated carbocycles. The molecule has 0 aromatic rings. The largest absolute Gasteiger partial charge is 0.351 e. The van der Waals surface area contributed by atoms with E-state index in [2.05, 4.69) is 70.8 Å². The van der Waals surface area contributed by atoms with Gasteiger partial charge in [0.05, 0.1) is 0 Å². The number of hydrogen-bond acceptors (Lipinski definition) is 1. The molecule has 1 rings (SSSR count). The molecule has 0 saturated heterocycles. The number of rotatable bonds is 0. The highest BCUT2D eigenvalue weighted by atomic mass is 15.1. The van der Waals surface area contributed by atoms with Crippen LogP contribution in [0.25, 0.3) is 0 Å². The van der Waals surface area contributed by atoms with Crippen molar-refractivity contribution < 1.29 is 0 Å². The maximum atomic E-state index is 2.30. The van der Waals surface area contributed by atoms with Gasteiger partial charge in [-0.3, -0.25) is 0 Å². The Bertz CT molecular complexity index is 212. The van der Waals surface area contributed by atoms with E-state index >= 15 is 0 Å². The van der Waals surface area contributed by atoms with Gasteiger partial charge in [0.25, 0.3) is 0 Å². The molecule has 1 aliphatic rings. The molecule has 0 N–H and O–H groups in total. The van der Waals surface area contributed by atoms with Gasteiger partial charge in [-0.05, 0) is 33.2 Å². The van der Waals surface area contributed by atoms with Crippen molar-refractivity contribution in [1.29, 1.82) is 0 Å². The first-order valence-corrected chi connectivity index (χ1v) is 5.36. The van der Waals surface area contributed by atoms with Crippen molar-refractivity contribution in [3.05, 3.63) is 24.4 Å². The lowest BCUT2D eigenvalue weighted by Crippen LogP contribution is -2.36.